The van der Waals surface area contributed by atoms with Crippen LogP contribution >= 0.6 is 15.2 Å². The van der Waals surface area contributed by atoms with E-state index in [2.05, 4.69) is 9.51 Å². The van der Waals surface area contributed by atoms with E-state index in [1.54, 1.807) is 0 Å². The molecule has 0 aliphatic rings. The van der Waals surface area contributed by atoms with Crippen LogP contribution < -0.4 is 4.52 Å². The highest BCUT2D eigenvalue weighted by Crippen LogP contribution is 2.67. The van der Waals surface area contributed by atoms with Crippen LogP contribution in [-0.4, -0.2) is 35.1 Å². The fourth-order valence-electron chi connectivity index (χ4n) is 0.754. The van der Waals surface area contributed by atoms with E-state index in [-0.39, 0.29) is 0 Å². The van der Waals surface area contributed by atoms with Gasteiger partial charge < -0.3 is 29.4 Å². The number of pyridine rings is 1. The first-order valence-corrected chi connectivity index (χ1v) is 7.21. The van der Waals surface area contributed by atoms with Crippen LogP contribution in [0.15, 0.2) is 24.4 Å². The summed E-state index contributed by atoms with van der Waals surface area (Å²) < 4.78 is 26.2. The maximum absolute atomic E-state index is 11.4. The summed E-state index contributed by atoms with van der Waals surface area (Å²) in [4.78, 5) is 29.6. The molecule has 0 fully saturated rings. The molecule has 1 heterocycles. The minimum Gasteiger partial charge on any atom is -0.402 e. The lowest BCUT2D eigenvalue weighted by Crippen LogP contribution is -2.30. The summed E-state index contributed by atoms with van der Waals surface area (Å²) in [6, 6.07) is 3.90. The second kappa shape index (κ2) is 4.47. The number of aliphatic hydroxyl groups is 2. The van der Waals surface area contributed by atoms with Crippen molar-refractivity contribution in [2.75, 3.05) is 0 Å². The second-order valence-corrected chi connectivity index (χ2v) is 6.84. The molecule has 0 aliphatic carbocycles. The van der Waals surface area contributed by atoms with Crippen LogP contribution in [0.3, 0.4) is 0 Å². The smallest absolute Gasteiger partial charge is 0.402 e. The molecule has 1 aromatic rings. The van der Waals surface area contributed by atoms with E-state index in [0.29, 0.717) is 0 Å². The molecule has 11 heteroatoms. The van der Waals surface area contributed by atoms with Crippen molar-refractivity contribution < 1.29 is 38.5 Å². The van der Waals surface area contributed by atoms with Gasteiger partial charge in [0.15, 0.2) is 0 Å². The Kier molecular flexibility index (Phi) is 3.75. The summed E-state index contributed by atoms with van der Waals surface area (Å²) in [6.45, 7) is 0. The molecule has 0 amide bonds. The average molecular weight is 285 g/mol. The maximum Gasteiger partial charge on any atom is 0.450 e. The highest BCUT2D eigenvalue weighted by Gasteiger charge is 2.61. The molecule has 0 saturated heterocycles. The second-order valence-electron chi connectivity index (χ2n) is 2.92. The Morgan fingerprint density at radius 2 is 1.76 bits per heavy atom. The van der Waals surface area contributed by atoms with Crippen LogP contribution in [0.2, 0.25) is 0 Å². The van der Waals surface area contributed by atoms with Crippen molar-refractivity contribution in [3.63, 3.8) is 0 Å². The predicted octanol–water partition coefficient (Wildman–Crippen LogP) is -0.581. The molecule has 1 rings (SSSR count). The first kappa shape index (κ1) is 14.3. The van der Waals surface area contributed by atoms with Gasteiger partial charge in [-0.05, 0) is 6.07 Å². The number of aromatic nitrogens is 1. The Morgan fingerprint density at radius 3 is 2.18 bits per heavy atom. The Labute approximate surface area is 95.0 Å². The monoisotopic (exact) mass is 285 g/mol. The van der Waals surface area contributed by atoms with Gasteiger partial charge in [-0.25, -0.2) is 9.55 Å². The van der Waals surface area contributed by atoms with Crippen molar-refractivity contribution in [2.24, 2.45) is 0 Å². The van der Waals surface area contributed by atoms with Gasteiger partial charge in [-0.15, -0.1) is 0 Å². The van der Waals surface area contributed by atoms with E-state index in [1.807, 2.05) is 0 Å². The van der Waals surface area contributed by atoms with E-state index < -0.39 is 26.3 Å². The molecule has 0 spiro atoms. The molecule has 0 radical (unpaired) electrons. The van der Waals surface area contributed by atoms with Crippen LogP contribution in [-0.2, 0) is 9.13 Å². The third-order valence-corrected chi connectivity index (χ3v) is 5.14. The fourth-order valence-corrected chi connectivity index (χ4v) is 2.68. The molecule has 0 aliphatic heterocycles. The van der Waals surface area contributed by atoms with Crippen LogP contribution in [0.25, 0.3) is 0 Å². The zero-order chi connectivity index (χ0) is 13.3. The normalized spacial score (nSPS) is 16.3. The fraction of sp³-hybridized carbons (Fsp3) is 0.167. The molecule has 1 atom stereocenters. The van der Waals surface area contributed by atoms with Gasteiger partial charge in [0.05, 0.1) is 0 Å². The lowest BCUT2D eigenvalue weighted by atomic mass is 10.5. The third-order valence-electron chi connectivity index (χ3n) is 1.62. The largest absolute Gasteiger partial charge is 0.450 e. The van der Waals surface area contributed by atoms with Crippen molar-refractivity contribution in [2.45, 2.75) is 5.27 Å². The Hall–Kier alpha value is -0.790. The van der Waals surface area contributed by atoms with Crippen molar-refractivity contribution in [1.82, 2.24) is 4.98 Å². The molecule has 9 nitrogen and oxygen atoms in total. The summed E-state index contributed by atoms with van der Waals surface area (Å²) in [5, 5.41) is 13.7. The lowest BCUT2D eigenvalue weighted by Gasteiger charge is -2.25. The van der Waals surface area contributed by atoms with Crippen LogP contribution in [0, 0.1) is 0 Å². The van der Waals surface area contributed by atoms with E-state index in [1.165, 1.54) is 18.3 Å². The third kappa shape index (κ3) is 2.91. The van der Waals surface area contributed by atoms with Gasteiger partial charge in [0.2, 0.25) is 5.88 Å². The maximum atomic E-state index is 11.4. The zero-order valence-corrected chi connectivity index (χ0v) is 9.90. The van der Waals surface area contributed by atoms with Gasteiger partial charge in [-0.2, -0.15) is 0 Å². The molecule has 5 N–H and O–H groups in total. The standard InChI is InChI=1S/C6H9NO8P2/c8-6(9,16(10,11)12)17(13,14)15-5-3-1-2-4-7-5/h1-4,8-9H,(H,13,14)(H2,10,11,12). The van der Waals surface area contributed by atoms with Crippen molar-refractivity contribution in [3.05, 3.63) is 24.4 Å². The number of rotatable bonds is 4. The molecular weight excluding hydrogens is 276 g/mol. The molecule has 17 heavy (non-hydrogen) atoms. The minimum absolute atomic E-state index is 0.487. The number of hydrogen-bond acceptors (Lipinski definition) is 6. The lowest BCUT2D eigenvalue weighted by molar-refractivity contribution is -0.0502. The molecule has 0 saturated carbocycles. The minimum atomic E-state index is -5.68. The quantitative estimate of drug-likeness (QED) is 0.360. The topological polar surface area (TPSA) is 157 Å². The summed E-state index contributed by atoms with van der Waals surface area (Å²) in [6.07, 6.45) is 1.17. The van der Waals surface area contributed by atoms with Crippen molar-refractivity contribution in [3.8, 4) is 5.88 Å². The molecule has 0 aromatic carbocycles. The Bertz CT molecular complexity index is 482. The molecular formula is C6H9NO8P2. The first-order chi connectivity index (χ1) is 7.58. The number of hydrogen-bond donors (Lipinski definition) is 5. The summed E-state index contributed by atoms with van der Waals surface area (Å²) >= 11 is 0. The van der Waals surface area contributed by atoms with Crippen molar-refractivity contribution in [1.29, 1.82) is 0 Å². The molecule has 96 valence electrons. The van der Waals surface area contributed by atoms with E-state index >= 15 is 0 Å². The SMILES string of the molecule is O=P(O)(O)C(O)(O)P(=O)(O)Oc1ccccn1. The summed E-state index contributed by atoms with van der Waals surface area (Å²) in [5.41, 5.74) is 0. The van der Waals surface area contributed by atoms with Crippen LogP contribution in [0.4, 0.5) is 0 Å². The zero-order valence-electron chi connectivity index (χ0n) is 8.11. The number of nitrogens with zero attached hydrogens (tertiary/aromatic N) is 1. The van der Waals surface area contributed by atoms with Gasteiger partial charge in [-0.1, -0.05) is 6.07 Å². The highest BCUT2D eigenvalue weighted by atomic mass is 31.2. The Morgan fingerprint density at radius 1 is 1.18 bits per heavy atom. The van der Waals surface area contributed by atoms with E-state index in [9.17, 15) is 9.13 Å². The van der Waals surface area contributed by atoms with Crippen molar-refractivity contribution >= 4 is 15.2 Å². The molecule has 0 bridgehead atoms. The summed E-state index contributed by atoms with van der Waals surface area (Å²) in [7, 11) is -11.1. The first-order valence-electron chi connectivity index (χ1n) is 4.02. The van der Waals surface area contributed by atoms with Gasteiger partial charge >= 0.3 is 20.5 Å². The van der Waals surface area contributed by atoms with Crippen LogP contribution in [0.5, 0.6) is 5.88 Å². The van der Waals surface area contributed by atoms with Gasteiger partial charge in [-0.3, -0.25) is 4.57 Å². The highest BCUT2D eigenvalue weighted by molar-refractivity contribution is 7.72. The predicted molar refractivity (Wildman–Crippen MR) is 53.9 cm³/mol. The van der Waals surface area contributed by atoms with E-state index in [0.717, 1.165) is 6.07 Å². The molecule has 1 aromatic heterocycles. The summed E-state index contributed by atoms with van der Waals surface area (Å²) in [5.74, 6) is -0.487. The van der Waals surface area contributed by atoms with Gasteiger partial charge in [0.1, 0.15) is 0 Å². The Balaban J connectivity index is 3.05. The van der Waals surface area contributed by atoms with Gasteiger partial charge in [0, 0.05) is 12.3 Å². The van der Waals surface area contributed by atoms with E-state index in [4.69, 9.17) is 24.9 Å². The average Bonchev–Trinajstić information content (AvgIpc) is 2.16. The van der Waals surface area contributed by atoms with Gasteiger partial charge in [0.25, 0.3) is 0 Å². The molecule has 1 unspecified atom stereocenters. The van der Waals surface area contributed by atoms with Crippen LogP contribution in [0.1, 0.15) is 0 Å².